The van der Waals surface area contributed by atoms with Crippen LogP contribution in [0.4, 0.5) is 11.4 Å². The van der Waals surface area contributed by atoms with Gasteiger partial charge in [-0.1, -0.05) is 23.7 Å². The first-order chi connectivity index (χ1) is 10.0. The van der Waals surface area contributed by atoms with Crippen LogP contribution in [0.2, 0.25) is 5.02 Å². The molecule has 2 rings (SSSR count). The first-order valence-corrected chi connectivity index (χ1v) is 7.35. The van der Waals surface area contributed by atoms with Crippen molar-refractivity contribution < 1.29 is 4.79 Å². The van der Waals surface area contributed by atoms with Crippen LogP contribution in [0.15, 0.2) is 42.5 Å². The van der Waals surface area contributed by atoms with Crippen molar-refractivity contribution in [3.05, 3.63) is 58.6 Å². The molecular weight excluding hydrogens is 307 g/mol. The average molecular weight is 323 g/mol. The van der Waals surface area contributed by atoms with E-state index in [1.807, 2.05) is 43.3 Å². The zero-order chi connectivity index (χ0) is 15.4. The molecule has 0 aromatic heterocycles. The maximum absolute atomic E-state index is 12.2. The summed E-state index contributed by atoms with van der Waals surface area (Å²) in [5.74, 6) is 0.195. The lowest BCUT2D eigenvalue weighted by Crippen LogP contribution is -2.13. The van der Waals surface area contributed by atoms with Crippen LogP contribution in [0.1, 0.15) is 15.9 Å². The lowest BCUT2D eigenvalue weighted by atomic mass is 10.1. The van der Waals surface area contributed by atoms with Gasteiger partial charge in [0.15, 0.2) is 0 Å². The molecule has 1 N–H and O–H groups in total. The minimum Gasteiger partial charge on any atom is -0.376 e. The number of alkyl halides is 1. The second-order valence-electron chi connectivity index (χ2n) is 4.85. The van der Waals surface area contributed by atoms with E-state index in [-0.39, 0.29) is 5.91 Å². The van der Waals surface area contributed by atoms with Crippen LogP contribution in [0.3, 0.4) is 0 Å². The Morgan fingerprint density at radius 3 is 2.57 bits per heavy atom. The molecule has 21 heavy (non-hydrogen) atoms. The van der Waals surface area contributed by atoms with E-state index in [1.165, 1.54) is 0 Å². The van der Waals surface area contributed by atoms with Gasteiger partial charge in [-0.05, 0) is 35.9 Å². The molecule has 3 nitrogen and oxygen atoms in total. The monoisotopic (exact) mass is 322 g/mol. The molecule has 110 valence electrons. The molecule has 0 spiro atoms. The van der Waals surface area contributed by atoms with Gasteiger partial charge in [-0.2, -0.15) is 0 Å². The number of amides is 1. The van der Waals surface area contributed by atoms with E-state index in [0.717, 1.165) is 11.3 Å². The van der Waals surface area contributed by atoms with Crippen LogP contribution in [0.25, 0.3) is 0 Å². The molecule has 0 bridgehead atoms. The van der Waals surface area contributed by atoms with E-state index in [1.54, 1.807) is 18.2 Å². The fraction of sp³-hybridized carbons (Fsp3) is 0.188. The van der Waals surface area contributed by atoms with Gasteiger partial charge in [0, 0.05) is 31.2 Å². The van der Waals surface area contributed by atoms with E-state index in [2.05, 4.69) is 5.32 Å². The Balaban J connectivity index is 2.17. The maximum atomic E-state index is 12.2. The predicted molar refractivity (Wildman–Crippen MR) is 89.7 cm³/mol. The van der Waals surface area contributed by atoms with Gasteiger partial charge in [0.1, 0.15) is 0 Å². The van der Waals surface area contributed by atoms with Crippen LogP contribution in [0, 0.1) is 0 Å². The molecule has 5 heteroatoms. The number of carbonyl (C=O) groups is 1. The Labute approximate surface area is 134 Å². The molecular formula is C16H16Cl2N2O. The number of halogens is 2. The van der Waals surface area contributed by atoms with Crippen LogP contribution in [0.5, 0.6) is 0 Å². The molecule has 0 heterocycles. The molecule has 2 aromatic carbocycles. The summed E-state index contributed by atoms with van der Waals surface area (Å²) in [6.07, 6.45) is 0. The first-order valence-electron chi connectivity index (χ1n) is 6.44. The highest BCUT2D eigenvalue weighted by atomic mass is 35.5. The van der Waals surface area contributed by atoms with Gasteiger partial charge in [-0.3, -0.25) is 4.79 Å². The van der Waals surface area contributed by atoms with Crippen LogP contribution in [-0.2, 0) is 5.88 Å². The zero-order valence-corrected chi connectivity index (χ0v) is 13.4. The minimum atomic E-state index is -0.185. The van der Waals surface area contributed by atoms with Gasteiger partial charge in [0.05, 0.1) is 10.7 Å². The number of nitrogens with one attached hydrogen (secondary N) is 1. The standard InChI is InChI=1S/C16H16Cl2N2O/c1-20(2)15-7-6-13(9-14(15)18)19-16(21)12-5-3-4-11(8-12)10-17/h3-9H,10H2,1-2H3,(H,19,21). The molecule has 1 amide bonds. The summed E-state index contributed by atoms with van der Waals surface area (Å²) in [5.41, 5.74) is 3.04. The molecule has 0 atom stereocenters. The molecule has 0 radical (unpaired) electrons. The second kappa shape index (κ2) is 6.83. The van der Waals surface area contributed by atoms with Gasteiger partial charge in [0.25, 0.3) is 5.91 Å². The van der Waals surface area contributed by atoms with Crippen molar-refractivity contribution in [2.75, 3.05) is 24.3 Å². The Morgan fingerprint density at radius 2 is 1.95 bits per heavy atom. The molecule has 0 aliphatic carbocycles. The van der Waals surface area contributed by atoms with Gasteiger partial charge < -0.3 is 10.2 Å². The number of anilines is 2. The van der Waals surface area contributed by atoms with Crippen molar-refractivity contribution in [2.24, 2.45) is 0 Å². The van der Waals surface area contributed by atoms with E-state index < -0.39 is 0 Å². The number of benzene rings is 2. The molecule has 0 unspecified atom stereocenters. The molecule has 0 aliphatic rings. The summed E-state index contributed by atoms with van der Waals surface area (Å²) in [4.78, 5) is 14.1. The van der Waals surface area contributed by atoms with Crippen LogP contribution in [-0.4, -0.2) is 20.0 Å². The van der Waals surface area contributed by atoms with Crippen molar-refractivity contribution in [3.8, 4) is 0 Å². The van der Waals surface area contributed by atoms with E-state index >= 15 is 0 Å². The largest absolute Gasteiger partial charge is 0.376 e. The number of hydrogen-bond acceptors (Lipinski definition) is 2. The molecule has 2 aromatic rings. The fourth-order valence-electron chi connectivity index (χ4n) is 1.95. The second-order valence-corrected chi connectivity index (χ2v) is 5.52. The van der Waals surface area contributed by atoms with Gasteiger partial charge in [-0.25, -0.2) is 0 Å². The van der Waals surface area contributed by atoms with E-state index in [4.69, 9.17) is 23.2 Å². The van der Waals surface area contributed by atoms with Crippen molar-refractivity contribution in [1.82, 2.24) is 0 Å². The summed E-state index contributed by atoms with van der Waals surface area (Å²) in [7, 11) is 3.83. The molecule has 0 fully saturated rings. The van der Waals surface area contributed by atoms with Crippen molar-refractivity contribution in [1.29, 1.82) is 0 Å². The number of hydrogen-bond donors (Lipinski definition) is 1. The molecule has 0 aliphatic heterocycles. The molecule has 0 saturated carbocycles. The van der Waals surface area contributed by atoms with E-state index in [9.17, 15) is 4.79 Å². The third-order valence-electron chi connectivity index (χ3n) is 3.03. The third kappa shape index (κ3) is 3.90. The Bertz CT molecular complexity index is 656. The summed E-state index contributed by atoms with van der Waals surface area (Å²) in [5, 5.41) is 3.42. The van der Waals surface area contributed by atoms with Gasteiger partial charge in [-0.15, -0.1) is 11.6 Å². The predicted octanol–water partition coefficient (Wildman–Crippen LogP) is 4.40. The Kier molecular flexibility index (Phi) is 5.10. The quantitative estimate of drug-likeness (QED) is 0.846. The lowest BCUT2D eigenvalue weighted by molar-refractivity contribution is 0.102. The van der Waals surface area contributed by atoms with E-state index in [0.29, 0.717) is 22.2 Å². The highest BCUT2D eigenvalue weighted by Crippen LogP contribution is 2.27. The number of carbonyl (C=O) groups excluding carboxylic acids is 1. The minimum absolute atomic E-state index is 0.185. The van der Waals surface area contributed by atoms with Crippen molar-refractivity contribution >= 4 is 40.5 Å². The SMILES string of the molecule is CN(C)c1ccc(NC(=O)c2cccc(CCl)c2)cc1Cl. The first kappa shape index (κ1) is 15.7. The van der Waals surface area contributed by atoms with Crippen molar-refractivity contribution in [3.63, 3.8) is 0 Å². The maximum Gasteiger partial charge on any atom is 0.255 e. The normalized spacial score (nSPS) is 10.3. The highest BCUT2D eigenvalue weighted by molar-refractivity contribution is 6.33. The smallest absolute Gasteiger partial charge is 0.255 e. The lowest BCUT2D eigenvalue weighted by Gasteiger charge is -2.15. The highest BCUT2D eigenvalue weighted by Gasteiger charge is 2.09. The Morgan fingerprint density at radius 1 is 1.19 bits per heavy atom. The van der Waals surface area contributed by atoms with Crippen molar-refractivity contribution in [2.45, 2.75) is 5.88 Å². The average Bonchev–Trinajstić information content (AvgIpc) is 2.47. The number of nitrogens with zero attached hydrogens (tertiary/aromatic N) is 1. The summed E-state index contributed by atoms with van der Waals surface area (Å²) in [6.45, 7) is 0. The van der Waals surface area contributed by atoms with Gasteiger partial charge >= 0.3 is 0 Å². The fourth-order valence-corrected chi connectivity index (χ4v) is 2.46. The molecule has 0 saturated heterocycles. The summed E-state index contributed by atoms with van der Waals surface area (Å²) >= 11 is 12.0. The summed E-state index contributed by atoms with van der Waals surface area (Å²) in [6, 6.07) is 12.7. The Hall–Kier alpha value is -1.71. The summed E-state index contributed by atoms with van der Waals surface area (Å²) < 4.78 is 0. The van der Waals surface area contributed by atoms with Gasteiger partial charge in [0.2, 0.25) is 0 Å². The topological polar surface area (TPSA) is 32.3 Å². The van der Waals surface area contributed by atoms with Crippen LogP contribution >= 0.6 is 23.2 Å². The van der Waals surface area contributed by atoms with Crippen LogP contribution < -0.4 is 10.2 Å². The third-order valence-corrected chi connectivity index (χ3v) is 3.64. The number of rotatable bonds is 4. The zero-order valence-electron chi connectivity index (χ0n) is 11.9.